The Morgan fingerprint density at radius 2 is 2.10 bits per heavy atom. The van der Waals surface area contributed by atoms with Crippen LogP contribution in [0, 0.1) is 5.41 Å². The summed E-state index contributed by atoms with van der Waals surface area (Å²) in [6.07, 6.45) is 6.41. The highest BCUT2D eigenvalue weighted by Crippen LogP contribution is 2.63. The zero-order valence-corrected chi connectivity index (χ0v) is 17.7. The second-order valence-electron chi connectivity index (χ2n) is 8.85. The van der Waals surface area contributed by atoms with E-state index < -0.39 is 22.7 Å². The summed E-state index contributed by atoms with van der Waals surface area (Å²) in [5.74, 6) is -0.684. The lowest BCUT2D eigenvalue weighted by atomic mass is 9.60. The number of allylic oxidation sites excluding steroid dienone is 1. The van der Waals surface area contributed by atoms with Gasteiger partial charge in [0.25, 0.3) is 11.8 Å². The summed E-state index contributed by atoms with van der Waals surface area (Å²) < 4.78 is 5.86. The Hall–Kier alpha value is -3.39. The first-order valence-corrected chi connectivity index (χ1v) is 10.2. The highest BCUT2D eigenvalue weighted by atomic mass is 16.5. The molecule has 1 aromatic heterocycles. The molecule has 0 bridgehead atoms. The summed E-state index contributed by atoms with van der Waals surface area (Å²) >= 11 is 0. The molecule has 5 rings (SSSR count). The maximum atomic E-state index is 13.8. The van der Waals surface area contributed by atoms with Crippen LogP contribution in [0.1, 0.15) is 31.5 Å². The van der Waals surface area contributed by atoms with Crippen molar-refractivity contribution in [3.63, 3.8) is 0 Å². The fraction of sp³-hybridized carbons (Fsp3) is 0.348. The summed E-state index contributed by atoms with van der Waals surface area (Å²) in [5, 5.41) is 6.29. The second-order valence-corrected chi connectivity index (χ2v) is 8.85. The first-order chi connectivity index (χ1) is 14.8. The van der Waals surface area contributed by atoms with E-state index in [1.165, 1.54) is 13.4 Å². The molecule has 3 atom stereocenters. The van der Waals surface area contributed by atoms with Gasteiger partial charge < -0.3 is 20.4 Å². The second kappa shape index (κ2) is 6.31. The highest BCUT2D eigenvalue weighted by molar-refractivity contribution is 6.09. The van der Waals surface area contributed by atoms with Gasteiger partial charge in [0.05, 0.1) is 18.2 Å². The Morgan fingerprint density at radius 3 is 2.77 bits per heavy atom. The van der Waals surface area contributed by atoms with Crippen LogP contribution >= 0.6 is 0 Å². The van der Waals surface area contributed by atoms with Crippen LogP contribution in [0.4, 0.5) is 5.69 Å². The minimum Gasteiger partial charge on any atom is -0.364 e. The molecule has 2 fully saturated rings. The number of ether oxygens (including phenoxy) is 1. The zero-order valence-electron chi connectivity index (χ0n) is 17.7. The van der Waals surface area contributed by atoms with E-state index in [2.05, 4.69) is 47.1 Å². The molecule has 0 unspecified atom stereocenters. The van der Waals surface area contributed by atoms with E-state index >= 15 is 0 Å². The number of carbonyl (C=O) groups excluding carboxylic acids is 2. The molecule has 0 aliphatic carbocycles. The summed E-state index contributed by atoms with van der Waals surface area (Å²) in [6.45, 7) is 8.25. The van der Waals surface area contributed by atoms with E-state index in [0.717, 1.165) is 11.3 Å². The molecular formula is C23H25N5O3. The van der Waals surface area contributed by atoms with Crippen molar-refractivity contribution < 1.29 is 14.3 Å². The van der Waals surface area contributed by atoms with E-state index in [9.17, 15) is 9.59 Å². The van der Waals surface area contributed by atoms with Crippen LogP contribution in [0.15, 0.2) is 55.1 Å². The third-order valence-electron chi connectivity index (χ3n) is 7.20. The summed E-state index contributed by atoms with van der Waals surface area (Å²) in [6, 6.07) is 7.99. The van der Waals surface area contributed by atoms with Gasteiger partial charge in [0.1, 0.15) is 11.9 Å². The van der Waals surface area contributed by atoms with E-state index in [4.69, 9.17) is 4.74 Å². The number of rotatable bonds is 4. The molecule has 2 aromatic rings. The fourth-order valence-corrected chi connectivity index (χ4v) is 5.41. The summed E-state index contributed by atoms with van der Waals surface area (Å²) in [4.78, 5) is 35.7. The topological polar surface area (TPSA) is 99.3 Å². The standard InChI is InChI=1S/C23H25N5O3/c1-5-21(2,3)22-12-23(31-4)20(30)27-17(10-14-11-24-13-25-14)18(29)28(23)19(22)26-16-9-7-6-8-15(16)22/h5-11,13,19,26H,1,12H2,2-4H3,(H,24,25)(H,27,30)/b17-10+/t19-,22+,23-/m0/s1. The Balaban J connectivity index is 1.72. The van der Waals surface area contributed by atoms with E-state index in [1.807, 2.05) is 24.3 Å². The number of nitrogens with one attached hydrogen (secondary N) is 3. The average molecular weight is 419 g/mol. The number of hydrogen-bond donors (Lipinski definition) is 3. The van der Waals surface area contributed by atoms with Gasteiger partial charge in [0.15, 0.2) is 0 Å². The molecule has 3 aliphatic rings. The van der Waals surface area contributed by atoms with E-state index in [1.54, 1.807) is 17.2 Å². The van der Waals surface area contributed by atoms with Crippen LogP contribution in [0.3, 0.4) is 0 Å². The number of piperazine rings is 1. The zero-order chi connectivity index (χ0) is 22.0. The van der Waals surface area contributed by atoms with Gasteiger partial charge in [-0.3, -0.25) is 14.5 Å². The molecule has 8 nitrogen and oxygen atoms in total. The Morgan fingerprint density at radius 1 is 1.32 bits per heavy atom. The van der Waals surface area contributed by atoms with E-state index in [-0.39, 0.29) is 17.5 Å². The molecule has 160 valence electrons. The predicted molar refractivity (Wildman–Crippen MR) is 115 cm³/mol. The van der Waals surface area contributed by atoms with Crippen LogP contribution in [0.25, 0.3) is 6.08 Å². The molecule has 2 saturated heterocycles. The summed E-state index contributed by atoms with van der Waals surface area (Å²) in [7, 11) is 1.48. The molecule has 1 aromatic carbocycles. The summed E-state index contributed by atoms with van der Waals surface area (Å²) in [5.41, 5.74) is 0.292. The third-order valence-corrected chi connectivity index (χ3v) is 7.20. The molecule has 8 heteroatoms. The Bertz CT molecular complexity index is 1120. The fourth-order valence-electron chi connectivity index (χ4n) is 5.41. The maximum Gasteiger partial charge on any atom is 0.278 e. The minimum atomic E-state index is -1.44. The van der Waals surface area contributed by atoms with Gasteiger partial charge in [-0.25, -0.2) is 4.98 Å². The Labute approximate surface area is 180 Å². The molecule has 3 N–H and O–H groups in total. The van der Waals surface area contributed by atoms with Crippen LogP contribution in [-0.4, -0.2) is 45.7 Å². The van der Waals surface area contributed by atoms with E-state index in [0.29, 0.717) is 12.1 Å². The van der Waals surface area contributed by atoms with Crippen molar-refractivity contribution in [3.8, 4) is 0 Å². The van der Waals surface area contributed by atoms with Crippen molar-refractivity contribution in [2.45, 2.75) is 37.6 Å². The van der Waals surface area contributed by atoms with Crippen LogP contribution in [0.5, 0.6) is 0 Å². The van der Waals surface area contributed by atoms with Crippen molar-refractivity contribution in [3.05, 3.63) is 66.4 Å². The maximum absolute atomic E-state index is 13.8. The number of carbonyl (C=O) groups is 2. The number of aromatic amines is 1. The SMILES string of the molecule is C=CC(C)(C)[C@@]12C[C@]3(OC)C(=O)N/C(=C/c4cnc[nH]4)C(=O)N3[C@@H]1Nc1ccccc12. The molecule has 4 heterocycles. The van der Waals surface area contributed by atoms with Gasteiger partial charge in [0.2, 0.25) is 5.72 Å². The van der Waals surface area contributed by atoms with Gasteiger partial charge in [-0.05, 0) is 23.1 Å². The van der Waals surface area contributed by atoms with Crippen molar-refractivity contribution in [1.82, 2.24) is 20.2 Å². The number of hydrogen-bond acceptors (Lipinski definition) is 5. The molecule has 2 amide bonds. The Kier molecular flexibility index (Phi) is 3.98. The van der Waals surface area contributed by atoms with Gasteiger partial charge in [-0.1, -0.05) is 38.1 Å². The first kappa shape index (κ1) is 19.6. The molecule has 0 saturated carbocycles. The molecule has 0 radical (unpaired) electrons. The minimum absolute atomic E-state index is 0.173. The van der Waals surface area contributed by atoms with Crippen molar-refractivity contribution in [1.29, 1.82) is 0 Å². The number of imidazole rings is 1. The lowest BCUT2D eigenvalue weighted by Gasteiger charge is -2.43. The number of aromatic nitrogens is 2. The lowest BCUT2D eigenvalue weighted by Crippen LogP contribution is -2.66. The average Bonchev–Trinajstić information content (AvgIpc) is 3.45. The number of methoxy groups -OCH3 is 1. The first-order valence-electron chi connectivity index (χ1n) is 10.2. The van der Waals surface area contributed by atoms with Crippen LogP contribution < -0.4 is 10.6 Å². The van der Waals surface area contributed by atoms with Crippen molar-refractivity contribution in [2.75, 3.05) is 12.4 Å². The van der Waals surface area contributed by atoms with Crippen LogP contribution in [0.2, 0.25) is 0 Å². The molecule has 3 aliphatic heterocycles. The molecular weight excluding hydrogens is 394 g/mol. The quantitative estimate of drug-likeness (QED) is 0.522. The molecule has 0 spiro atoms. The van der Waals surface area contributed by atoms with Gasteiger partial charge in [-0.2, -0.15) is 0 Å². The van der Waals surface area contributed by atoms with Gasteiger partial charge in [0, 0.05) is 24.6 Å². The highest BCUT2D eigenvalue weighted by Gasteiger charge is 2.73. The van der Waals surface area contributed by atoms with Crippen molar-refractivity contribution in [2.24, 2.45) is 5.41 Å². The number of H-pyrrole nitrogens is 1. The number of amides is 2. The predicted octanol–water partition coefficient (Wildman–Crippen LogP) is 2.36. The smallest absolute Gasteiger partial charge is 0.278 e. The monoisotopic (exact) mass is 419 g/mol. The van der Waals surface area contributed by atoms with Crippen molar-refractivity contribution >= 4 is 23.6 Å². The number of anilines is 1. The lowest BCUT2D eigenvalue weighted by molar-refractivity contribution is -0.180. The van der Waals surface area contributed by atoms with Gasteiger partial charge in [-0.15, -0.1) is 6.58 Å². The number of fused-ring (bicyclic) bond motifs is 5. The number of nitrogens with zero attached hydrogens (tertiary/aromatic N) is 2. The van der Waals surface area contributed by atoms with Gasteiger partial charge >= 0.3 is 0 Å². The largest absolute Gasteiger partial charge is 0.364 e. The number of benzene rings is 1. The normalized spacial score (nSPS) is 30.5. The van der Waals surface area contributed by atoms with Crippen LogP contribution in [-0.2, 0) is 19.7 Å². The molecule has 31 heavy (non-hydrogen) atoms. The third kappa shape index (κ3) is 2.31. The number of para-hydroxylation sites is 1.